The molecule has 0 aliphatic rings. The van der Waals surface area contributed by atoms with E-state index in [1.54, 1.807) is 19.3 Å². The zero-order valence-electron chi connectivity index (χ0n) is 17.8. The van der Waals surface area contributed by atoms with E-state index < -0.39 is 0 Å². The Labute approximate surface area is 200 Å². The fourth-order valence-corrected chi connectivity index (χ4v) is 3.05. The number of ether oxygens (including phenoxy) is 1. The number of hydrogen-bond acceptors (Lipinski definition) is 3. The first-order chi connectivity index (χ1) is 14.6. The zero-order valence-corrected chi connectivity index (χ0v) is 20.1. The van der Waals surface area contributed by atoms with Gasteiger partial charge in [-0.3, -0.25) is 9.98 Å². The van der Waals surface area contributed by atoms with Crippen molar-refractivity contribution in [3.8, 4) is 5.75 Å². The fourth-order valence-electron chi connectivity index (χ4n) is 3.05. The molecule has 0 radical (unpaired) electrons. The van der Waals surface area contributed by atoms with Crippen LogP contribution in [0.15, 0.2) is 71.9 Å². The van der Waals surface area contributed by atoms with Crippen molar-refractivity contribution in [2.75, 3.05) is 13.6 Å². The number of nitrogens with zero attached hydrogens (tertiary/aromatic N) is 2. The SMILES string of the molecule is CN=C(NCCc1ccc(F)cc1C)NCc1cccc(OCc2ccccn2)c1.I. The summed E-state index contributed by atoms with van der Waals surface area (Å²) in [5.41, 5.74) is 4.06. The van der Waals surface area contributed by atoms with Gasteiger partial charge in [0.25, 0.3) is 0 Å². The summed E-state index contributed by atoms with van der Waals surface area (Å²) >= 11 is 0. The second-order valence-corrected chi connectivity index (χ2v) is 6.93. The number of hydrogen-bond donors (Lipinski definition) is 2. The van der Waals surface area contributed by atoms with Crippen molar-refractivity contribution in [3.05, 3.63) is 95.1 Å². The summed E-state index contributed by atoms with van der Waals surface area (Å²) in [6.07, 6.45) is 2.55. The molecule has 0 saturated carbocycles. The van der Waals surface area contributed by atoms with E-state index in [4.69, 9.17) is 4.74 Å². The summed E-state index contributed by atoms with van der Waals surface area (Å²) in [5, 5.41) is 6.60. The van der Waals surface area contributed by atoms with Gasteiger partial charge in [-0.2, -0.15) is 0 Å². The summed E-state index contributed by atoms with van der Waals surface area (Å²) in [5.74, 6) is 1.32. The molecule has 1 aromatic heterocycles. The van der Waals surface area contributed by atoms with Gasteiger partial charge < -0.3 is 15.4 Å². The van der Waals surface area contributed by atoms with Crippen molar-refractivity contribution in [2.45, 2.75) is 26.5 Å². The maximum absolute atomic E-state index is 13.2. The zero-order chi connectivity index (χ0) is 21.2. The van der Waals surface area contributed by atoms with Gasteiger partial charge in [-0.25, -0.2) is 4.39 Å². The summed E-state index contributed by atoms with van der Waals surface area (Å²) in [6.45, 7) is 3.69. The fraction of sp³-hybridized carbons (Fsp3) is 0.250. The first kappa shape index (κ1) is 24.6. The molecule has 7 heteroatoms. The summed E-state index contributed by atoms with van der Waals surface area (Å²) in [4.78, 5) is 8.53. The summed E-state index contributed by atoms with van der Waals surface area (Å²) < 4.78 is 19.1. The molecule has 0 saturated heterocycles. The maximum atomic E-state index is 13.2. The molecule has 0 spiro atoms. The van der Waals surface area contributed by atoms with Crippen LogP contribution < -0.4 is 15.4 Å². The van der Waals surface area contributed by atoms with E-state index in [2.05, 4.69) is 20.6 Å². The Kier molecular flexibility index (Phi) is 10.2. The second-order valence-electron chi connectivity index (χ2n) is 6.93. The minimum absolute atomic E-state index is 0. The lowest BCUT2D eigenvalue weighted by Gasteiger charge is -2.13. The van der Waals surface area contributed by atoms with Gasteiger partial charge in [0.15, 0.2) is 5.96 Å². The lowest BCUT2D eigenvalue weighted by molar-refractivity contribution is 0.301. The largest absolute Gasteiger partial charge is 0.487 e. The van der Waals surface area contributed by atoms with Crippen LogP contribution in [0.25, 0.3) is 0 Å². The normalized spacial score (nSPS) is 10.9. The van der Waals surface area contributed by atoms with Crippen molar-refractivity contribution in [1.82, 2.24) is 15.6 Å². The third-order valence-electron chi connectivity index (χ3n) is 4.69. The van der Waals surface area contributed by atoms with Gasteiger partial charge in [0, 0.05) is 26.3 Å². The van der Waals surface area contributed by atoms with Crippen LogP contribution in [0.2, 0.25) is 0 Å². The Hall–Kier alpha value is -2.68. The molecular weight excluding hydrogens is 506 g/mol. The second kappa shape index (κ2) is 12.9. The van der Waals surface area contributed by atoms with Gasteiger partial charge in [-0.15, -0.1) is 24.0 Å². The molecule has 31 heavy (non-hydrogen) atoms. The van der Waals surface area contributed by atoms with Gasteiger partial charge in [0.2, 0.25) is 0 Å². The number of guanidine groups is 1. The summed E-state index contributed by atoms with van der Waals surface area (Å²) in [6, 6.07) is 18.6. The molecule has 3 aromatic rings. The molecule has 0 amide bonds. The highest BCUT2D eigenvalue weighted by Gasteiger charge is 2.03. The Morgan fingerprint density at radius 1 is 1.06 bits per heavy atom. The standard InChI is InChI=1S/C24H27FN4O.HI/c1-18-14-21(25)10-9-20(18)11-13-28-24(26-2)29-16-19-6-5-8-23(15-19)30-17-22-7-3-4-12-27-22;/h3-10,12,14-15H,11,13,16-17H2,1-2H3,(H2,26,28,29);1H. The van der Waals surface area contributed by atoms with Crippen LogP contribution in [0.4, 0.5) is 4.39 Å². The highest BCUT2D eigenvalue weighted by molar-refractivity contribution is 14.0. The number of halogens is 2. The predicted molar refractivity (Wildman–Crippen MR) is 133 cm³/mol. The molecule has 2 aromatic carbocycles. The van der Waals surface area contributed by atoms with Gasteiger partial charge in [0.05, 0.1) is 5.69 Å². The van der Waals surface area contributed by atoms with E-state index in [0.717, 1.165) is 40.5 Å². The third-order valence-corrected chi connectivity index (χ3v) is 4.69. The van der Waals surface area contributed by atoms with Crippen molar-refractivity contribution in [2.24, 2.45) is 4.99 Å². The molecule has 0 unspecified atom stereocenters. The molecule has 0 aliphatic carbocycles. The number of benzene rings is 2. The lowest BCUT2D eigenvalue weighted by atomic mass is 10.1. The minimum atomic E-state index is -0.201. The molecule has 0 aliphatic heterocycles. The van der Waals surface area contributed by atoms with Crippen LogP contribution in [0.5, 0.6) is 5.75 Å². The van der Waals surface area contributed by atoms with Crippen LogP contribution >= 0.6 is 24.0 Å². The molecule has 164 valence electrons. The van der Waals surface area contributed by atoms with E-state index in [1.807, 2.05) is 55.5 Å². The van der Waals surface area contributed by atoms with E-state index >= 15 is 0 Å². The Bertz CT molecular complexity index is 982. The third kappa shape index (κ3) is 8.16. The van der Waals surface area contributed by atoms with Gasteiger partial charge in [-0.05, 0) is 66.4 Å². The quantitative estimate of drug-likeness (QED) is 0.251. The maximum Gasteiger partial charge on any atom is 0.191 e. The van der Waals surface area contributed by atoms with Gasteiger partial charge in [-0.1, -0.05) is 24.3 Å². The highest BCUT2D eigenvalue weighted by atomic mass is 127. The van der Waals surface area contributed by atoms with Crippen molar-refractivity contribution in [1.29, 1.82) is 0 Å². The molecule has 1 heterocycles. The van der Waals surface area contributed by atoms with Crippen LogP contribution in [0.3, 0.4) is 0 Å². The molecule has 0 fully saturated rings. The van der Waals surface area contributed by atoms with Crippen molar-refractivity contribution < 1.29 is 9.13 Å². The monoisotopic (exact) mass is 534 g/mol. The Morgan fingerprint density at radius 3 is 2.68 bits per heavy atom. The minimum Gasteiger partial charge on any atom is -0.487 e. The number of nitrogens with one attached hydrogen (secondary N) is 2. The highest BCUT2D eigenvalue weighted by Crippen LogP contribution is 2.15. The van der Waals surface area contributed by atoms with Crippen molar-refractivity contribution in [3.63, 3.8) is 0 Å². The molecular formula is C24H28FIN4O. The number of aryl methyl sites for hydroxylation is 1. The van der Waals surface area contributed by atoms with Crippen LogP contribution in [-0.4, -0.2) is 24.5 Å². The number of aromatic nitrogens is 1. The van der Waals surface area contributed by atoms with Gasteiger partial charge >= 0.3 is 0 Å². The van der Waals surface area contributed by atoms with Crippen molar-refractivity contribution >= 4 is 29.9 Å². The predicted octanol–water partition coefficient (Wildman–Crippen LogP) is 4.63. The Morgan fingerprint density at radius 2 is 1.94 bits per heavy atom. The number of aliphatic imine (C=N–C) groups is 1. The first-order valence-electron chi connectivity index (χ1n) is 9.95. The molecule has 2 N–H and O–H groups in total. The van der Waals surface area contributed by atoms with Gasteiger partial charge in [0.1, 0.15) is 18.2 Å². The molecule has 3 rings (SSSR count). The topological polar surface area (TPSA) is 58.5 Å². The smallest absolute Gasteiger partial charge is 0.191 e. The van der Waals surface area contributed by atoms with E-state index in [1.165, 1.54) is 6.07 Å². The van der Waals surface area contributed by atoms with E-state index in [-0.39, 0.29) is 29.8 Å². The lowest BCUT2D eigenvalue weighted by Crippen LogP contribution is -2.37. The van der Waals surface area contributed by atoms with Crippen LogP contribution in [-0.2, 0) is 19.6 Å². The Balaban J connectivity index is 0.00000341. The average Bonchev–Trinajstić information content (AvgIpc) is 2.77. The van der Waals surface area contributed by atoms with Crippen LogP contribution in [0, 0.1) is 12.7 Å². The average molecular weight is 534 g/mol. The number of rotatable bonds is 8. The molecule has 0 atom stereocenters. The number of pyridine rings is 1. The molecule has 0 bridgehead atoms. The van der Waals surface area contributed by atoms with E-state index in [0.29, 0.717) is 19.7 Å². The first-order valence-corrected chi connectivity index (χ1v) is 9.95. The van der Waals surface area contributed by atoms with E-state index in [9.17, 15) is 4.39 Å². The van der Waals surface area contributed by atoms with Crippen LogP contribution in [0.1, 0.15) is 22.4 Å². The molecule has 5 nitrogen and oxygen atoms in total. The summed E-state index contributed by atoms with van der Waals surface area (Å²) in [7, 11) is 1.74.